The van der Waals surface area contributed by atoms with E-state index in [1.165, 1.54) is 5.57 Å². The van der Waals surface area contributed by atoms with E-state index in [4.69, 9.17) is 0 Å². The summed E-state index contributed by atoms with van der Waals surface area (Å²) in [5.74, 6) is 0.730. The van der Waals surface area contributed by atoms with Crippen LogP contribution in [0.3, 0.4) is 0 Å². The van der Waals surface area contributed by atoms with Crippen LogP contribution in [0.4, 0.5) is 0 Å². The molecule has 55 valence electrons. The topological polar surface area (TPSA) is 0 Å². The van der Waals surface area contributed by atoms with Gasteiger partial charge in [-0.2, -0.15) is 0 Å². The van der Waals surface area contributed by atoms with Gasteiger partial charge in [0.15, 0.2) is 0 Å². The predicted molar refractivity (Wildman–Crippen MR) is 31.0 cm³/mol. The molecule has 3 heteroatoms. The molecule has 0 fully saturated rings. The van der Waals surface area contributed by atoms with E-state index in [0.29, 0.717) is 0 Å². The molecule has 0 radical (unpaired) electrons. The van der Waals surface area contributed by atoms with Gasteiger partial charge in [-0.1, -0.05) is 0 Å². The van der Waals surface area contributed by atoms with Gasteiger partial charge >= 0.3 is 65.5 Å². The third-order valence-electron chi connectivity index (χ3n) is 1.39. The molecule has 1 aliphatic rings. The van der Waals surface area contributed by atoms with Crippen LogP contribution in [-0.2, 0) is 24.7 Å². The van der Waals surface area contributed by atoms with Gasteiger partial charge in [0.05, 0.1) is 0 Å². The first-order chi connectivity index (χ1) is 3.70. The van der Waals surface area contributed by atoms with Gasteiger partial charge in [-0.05, 0) is 0 Å². The average Bonchev–Trinajstić information content (AvgIpc) is 1.85. The first kappa shape index (κ1) is 13.5. The Morgan fingerprint density at radius 2 is 1.90 bits per heavy atom. The van der Waals surface area contributed by atoms with Crippen LogP contribution in [0.25, 0.3) is 0 Å². The molecule has 0 heterocycles. The van der Waals surface area contributed by atoms with Gasteiger partial charge < -0.3 is 24.8 Å². The van der Waals surface area contributed by atoms with Crippen molar-refractivity contribution >= 4 is 0 Å². The van der Waals surface area contributed by atoms with Crippen LogP contribution in [0.2, 0.25) is 0 Å². The Labute approximate surface area is 89.8 Å². The second-order valence-electron chi connectivity index (χ2n) is 2.30. The molecule has 0 spiro atoms. The van der Waals surface area contributed by atoms with E-state index in [0.717, 1.165) is 5.92 Å². The minimum absolute atomic E-state index is 0. The van der Waals surface area contributed by atoms with Gasteiger partial charge in [0.2, 0.25) is 0 Å². The molecule has 0 saturated carbocycles. The van der Waals surface area contributed by atoms with Crippen molar-refractivity contribution in [2.75, 3.05) is 0 Å². The van der Waals surface area contributed by atoms with Gasteiger partial charge in [-0.3, -0.25) is 0 Å². The Kier molecular flexibility index (Phi) is 7.54. The zero-order valence-electron chi connectivity index (χ0n) is 5.99. The summed E-state index contributed by atoms with van der Waals surface area (Å²) >= 11 is 1.57. The molecule has 0 aromatic heterocycles. The molecule has 0 saturated heterocycles. The number of halogens is 2. The van der Waals surface area contributed by atoms with E-state index in [9.17, 15) is 0 Å². The Morgan fingerprint density at radius 1 is 1.40 bits per heavy atom. The third-order valence-corrected chi connectivity index (χ3v) is 2.86. The minimum atomic E-state index is 0. The van der Waals surface area contributed by atoms with Gasteiger partial charge in [-0.15, -0.1) is 0 Å². The second kappa shape index (κ2) is 5.58. The van der Waals surface area contributed by atoms with Crippen molar-refractivity contribution in [1.82, 2.24) is 0 Å². The Hall–Kier alpha value is 0.943. The van der Waals surface area contributed by atoms with Crippen molar-refractivity contribution < 1.29 is 49.5 Å². The van der Waals surface area contributed by atoms with Crippen molar-refractivity contribution in [2.45, 2.75) is 13.8 Å². The molecule has 1 unspecified atom stereocenters. The van der Waals surface area contributed by atoms with E-state index >= 15 is 0 Å². The molecule has 0 nitrogen and oxygen atoms in total. The van der Waals surface area contributed by atoms with Crippen molar-refractivity contribution in [1.29, 1.82) is 0 Å². The van der Waals surface area contributed by atoms with Gasteiger partial charge in [-0.25, -0.2) is 0 Å². The van der Waals surface area contributed by atoms with Crippen LogP contribution >= 0.6 is 0 Å². The van der Waals surface area contributed by atoms with Crippen molar-refractivity contribution in [3.05, 3.63) is 21.0 Å². The van der Waals surface area contributed by atoms with Crippen molar-refractivity contribution in [3.8, 4) is 0 Å². The molecule has 0 aromatic rings. The zero-order chi connectivity index (χ0) is 6.15. The van der Waals surface area contributed by atoms with Gasteiger partial charge in [0, 0.05) is 0 Å². The molecule has 10 heavy (non-hydrogen) atoms. The molecule has 1 aliphatic carbocycles. The standard InChI is InChI=1S/C7H9.2ClH.Zr/c1-6-3-4-7(2)5-6;;;/h3,5,7H,1-2H3;2*1H;/q;;;+2/p-2. The van der Waals surface area contributed by atoms with E-state index in [2.05, 4.69) is 26.0 Å². The fraction of sp³-hybridized carbons (Fsp3) is 0.429. The summed E-state index contributed by atoms with van der Waals surface area (Å²) in [6, 6.07) is 0. The van der Waals surface area contributed by atoms with Crippen LogP contribution in [0.15, 0.2) is 21.0 Å². The number of hydrogen-bond acceptors (Lipinski definition) is 0. The average molecular weight is 255 g/mol. The van der Waals surface area contributed by atoms with Crippen LogP contribution in [0, 0.1) is 5.92 Å². The first-order valence-corrected chi connectivity index (χ1v) is 4.04. The SMILES string of the molecule is CC1=CC(C)[C]([Zr+2])=C1.[Cl-].[Cl-]. The first-order valence-electron chi connectivity index (χ1n) is 2.82. The maximum atomic E-state index is 2.31. The van der Waals surface area contributed by atoms with Crippen LogP contribution in [0.1, 0.15) is 13.8 Å². The normalized spacial score (nSPS) is 22.2. The van der Waals surface area contributed by atoms with Crippen LogP contribution in [-0.4, -0.2) is 0 Å². The molecule has 0 N–H and O–H groups in total. The van der Waals surface area contributed by atoms with E-state index in [1.54, 1.807) is 28.0 Å². The monoisotopic (exact) mass is 253 g/mol. The molecular formula is C7H9Cl2Zr. The summed E-state index contributed by atoms with van der Waals surface area (Å²) in [7, 11) is 0. The predicted octanol–water partition coefficient (Wildman–Crippen LogP) is -3.98. The molecule has 0 aliphatic heterocycles. The number of hydrogen-bond donors (Lipinski definition) is 0. The zero-order valence-corrected chi connectivity index (χ0v) is 9.96. The fourth-order valence-electron chi connectivity index (χ4n) is 0.909. The minimum Gasteiger partial charge on any atom is -1.00 e. The van der Waals surface area contributed by atoms with Gasteiger partial charge in [0.25, 0.3) is 0 Å². The van der Waals surface area contributed by atoms with E-state index < -0.39 is 0 Å². The van der Waals surface area contributed by atoms with Gasteiger partial charge in [0.1, 0.15) is 0 Å². The van der Waals surface area contributed by atoms with Crippen LogP contribution < -0.4 is 24.8 Å². The Bertz CT molecular complexity index is 161. The van der Waals surface area contributed by atoms with Crippen molar-refractivity contribution in [3.63, 3.8) is 0 Å². The molecule has 1 atom stereocenters. The molecule has 1 rings (SSSR count). The summed E-state index contributed by atoms with van der Waals surface area (Å²) in [6.45, 7) is 4.41. The summed E-state index contributed by atoms with van der Waals surface area (Å²) in [4.78, 5) is 0. The summed E-state index contributed by atoms with van der Waals surface area (Å²) in [6.07, 6.45) is 4.59. The number of allylic oxidation sites excluding steroid dienone is 4. The molecule has 0 amide bonds. The molecular weight excluding hydrogens is 246 g/mol. The fourth-order valence-corrected chi connectivity index (χ4v) is 1.67. The molecule has 0 bridgehead atoms. The van der Waals surface area contributed by atoms with Crippen LogP contribution in [0.5, 0.6) is 0 Å². The molecule has 0 aromatic carbocycles. The maximum absolute atomic E-state index is 2.31. The smallest absolute Gasteiger partial charge is 1.00 e. The summed E-state index contributed by atoms with van der Waals surface area (Å²) in [5.41, 5.74) is 1.43. The summed E-state index contributed by atoms with van der Waals surface area (Å²) < 4.78 is 1.58. The Morgan fingerprint density at radius 3 is 2.00 bits per heavy atom. The van der Waals surface area contributed by atoms with E-state index in [1.807, 2.05) is 0 Å². The quantitative estimate of drug-likeness (QED) is 0.414. The second-order valence-corrected chi connectivity index (χ2v) is 3.72. The van der Waals surface area contributed by atoms with E-state index in [-0.39, 0.29) is 24.8 Å². The maximum Gasteiger partial charge on any atom is -1.00 e. The van der Waals surface area contributed by atoms with Crippen molar-refractivity contribution in [2.24, 2.45) is 5.92 Å². The number of rotatable bonds is 0. The third kappa shape index (κ3) is 3.37. The summed E-state index contributed by atoms with van der Waals surface area (Å²) in [5, 5.41) is 0. The Balaban J connectivity index is 0. The largest absolute Gasteiger partial charge is 1.00 e.